The van der Waals surface area contributed by atoms with Crippen molar-refractivity contribution in [2.75, 3.05) is 13.6 Å². The molecule has 0 bridgehead atoms. The van der Waals surface area contributed by atoms with Gasteiger partial charge in [0.1, 0.15) is 4.90 Å². The van der Waals surface area contributed by atoms with Crippen LogP contribution in [0, 0.1) is 0 Å². The third-order valence-electron chi connectivity index (χ3n) is 2.02. The van der Waals surface area contributed by atoms with Gasteiger partial charge in [0.25, 0.3) is 0 Å². The van der Waals surface area contributed by atoms with Gasteiger partial charge in [0.05, 0.1) is 10.0 Å². The summed E-state index contributed by atoms with van der Waals surface area (Å²) in [5.41, 5.74) is 0. The van der Waals surface area contributed by atoms with E-state index in [-0.39, 0.29) is 21.5 Å². The van der Waals surface area contributed by atoms with E-state index in [2.05, 4.69) is 22.5 Å². The highest BCUT2D eigenvalue weighted by Gasteiger charge is 2.26. The van der Waals surface area contributed by atoms with E-state index in [0.29, 0.717) is 4.47 Å². The average Bonchev–Trinajstić information content (AvgIpc) is 2.15. The fourth-order valence-electron chi connectivity index (χ4n) is 1.21. The minimum Gasteiger partial charge on any atom is -0.207 e. The topological polar surface area (TPSA) is 37.4 Å². The van der Waals surface area contributed by atoms with Crippen LogP contribution in [0.25, 0.3) is 0 Å². The van der Waals surface area contributed by atoms with Crippen LogP contribution in [0.15, 0.2) is 34.2 Å². The molecule has 0 radical (unpaired) electrons. The molecule has 0 fully saturated rings. The molecule has 0 atom stereocenters. The lowest BCUT2D eigenvalue weighted by atomic mass is 10.4. The molecule has 0 heterocycles. The molecule has 0 aliphatic carbocycles. The Balaban J connectivity index is 3.39. The number of halogens is 3. The van der Waals surface area contributed by atoms with Gasteiger partial charge in [0.2, 0.25) is 10.0 Å². The summed E-state index contributed by atoms with van der Waals surface area (Å²) in [5, 5.41) is 0.167. The quantitative estimate of drug-likeness (QED) is 0.771. The SMILES string of the molecule is C=CCN(C)S(=O)(=O)c1c(Cl)cc(Br)cc1Cl. The Labute approximate surface area is 119 Å². The molecule has 0 unspecified atom stereocenters. The summed E-state index contributed by atoms with van der Waals surface area (Å²) in [7, 11) is -2.27. The lowest BCUT2D eigenvalue weighted by Gasteiger charge is -2.17. The summed E-state index contributed by atoms with van der Waals surface area (Å²) < 4.78 is 26.1. The van der Waals surface area contributed by atoms with Crippen molar-refractivity contribution >= 4 is 49.2 Å². The first kappa shape index (κ1) is 15.0. The van der Waals surface area contributed by atoms with Crippen LogP contribution in [0.2, 0.25) is 10.0 Å². The van der Waals surface area contributed by atoms with Crippen molar-refractivity contribution in [3.63, 3.8) is 0 Å². The third kappa shape index (κ3) is 3.23. The summed E-state index contributed by atoms with van der Waals surface area (Å²) in [4.78, 5) is -0.0895. The van der Waals surface area contributed by atoms with Crippen LogP contribution in [0.1, 0.15) is 0 Å². The van der Waals surface area contributed by atoms with Gasteiger partial charge in [-0.3, -0.25) is 0 Å². The van der Waals surface area contributed by atoms with Crippen LogP contribution in [-0.2, 0) is 10.0 Å². The molecule has 0 aliphatic heterocycles. The van der Waals surface area contributed by atoms with E-state index >= 15 is 0 Å². The van der Waals surface area contributed by atoms with Gasteiger partial charge in [0, 0.05) is 18.1 Å². The molecule has 0 N–H and O–H groups in total. The summed E-state index contributed by atoms with van der Waals surface area (Å²) in [6.45, 7) is 3.67. The summed E-state index contributed by atoms with van der Waals surface area (Å²) in [6, 6.07) is 2.98. The molecule has 1 aromatic carbocycles. The van der Waals surface area contributed by atoms with E-state index < -0.39 is 10.0 Å². The fraction of sp³-hybridized carbons (Fsp3) is 0.200. The normalized spacial score (nSPS) is 11.8. The van der Waals surface area contributed by atoms with Crippen LogP contribution < -0.4 is 0 Å². The van der Waals surface area contributed by atoms with Gasteiger partial charge in [-0.25, -0.2) is 8.42 Å². The first-order chi connectivity index (χ1) is 7.80. The van der Waals surface area contributed by atoms with Crippen LogP contribution in [0.3, 0.4) is 0 Å². The summed E-state index contributed by atoms with van der Waals surface area (Å²) >= 11 is 15.0. The molecule has 0 aliphatic rings. The molecule has 7 heteroatoms. The maximum absolute atomic E-state index is 12.2. The van der Waals surface area contributed by atoms with Gasteiger partial charge in [-0.05, 0) is 12.1 Å². The zero-order valence-electron chi connectivity index (χ0n) is 8.95. The lowest BCUT2D eigenvalue weighted by molar-refractivity contribution is 0.499. The van der Waals surface area contributed by atoms with Crippen LogP contribution in [0.5, 0.6) is 0 Å². The fourth-order valence-corrected chi connectivity index (χ4v) is 4.23. The Morgan fingerprint density at radius 1 is 1.41 bits per heavy atom. The molecule has 3 nitrogen and oxygen atoms in total. The van der Waals surface area contributed by atoms with Gasteiger partial charge >= 0.3 is 0 Å². The van der Waals surface area contributed by atoms with Crippen molar-refractivity contribution in [1.82, 2.24) is 4.31 Å². The van der Waals surface area contributed by atoms with Crippen LogP contribution >= 0.6 is 39.1 Å². The first-order valence-electron chi connectivity index (χ1n) is 4.52. The molecule has 0 amide bonds. The van der Waals surface area contributed by atoms with Gasteiger partial charge in [-0.15, -0.1) is 6.58 Å². The predicted octanol–water partition coefficient (Wildman–Crippen LogP) is 3.56. The minimum atomic E-state index is -3.70. The Kier molecular flexibility index (Phi) is 5.04. The van der Waals surface area contributed by atoms with Gasteiger partial charge < -0.3 is 0 Å². The first-order valence-corrected chi connectivity index (χ1v) is 7.51. The van der Waals surface area contributed by atoms with E-state index in [1.807, 2.05) is 0 Å². The van der Waals surface area contributed by atoms with Crippen molar-refractivity contribution < 1.29 is 8.42 Å². The highest BCUT2D eigenvalue weighted by molar-refractivity contribution is 9.10. The zero-order valence-corrected chi connectivity index (χ0v) is 12.9. The number of rotatable bonds is 4. The molecule has 1 rings (SSSR count). The molecule has 0 saturated heterocycles. The summed E-state index contributed by atoms with van der Waals surface area (Å²) in [5.74, 6) is 0. The number of benzene rings is 1. The van der Waals surface area contributed by atoms with E-state index in [4.69, 9.17) is 23.2 Å². The van der Waals surface area contributed by atoms with Gasteiger partial charge in [0.15, 0.2) is 0 Å². The highest BCUT2D eigenvalue weighted by atomic mass is 79.9. The molecule has 1 aromatic rings. The second-order valence-corrected chi connectivity index (χ2v) is 6.98. The van der Waals surface area contributed by atoms with Crippen molar-refractivity contribution in [1.29, 1.82) is 0 Å². The molecule has 0 spiro atoms. The summed E-state index contributed by atoms with van der Waals surface area (Å²) in [6.07, 6.45) is 1.48. The molecular weight excluding hydrogens is 349 g/mol. The number of sulfonamides is 1. The second kappa shape index (κ2) is 5.71. The van der Waals surface area contributed by atoms with E-state index in [9.17, 15) is 8.42 Å². The molecule has 0 saturated carbocycles. The van der Waals surface area contributed by atoms with Crippen molar-refractivity contribution in [2.45, 2.75) is 4.90 Å². The van der Waals surface area contributed by atoms with Crippen molar-refractivity contribution in [2.24, 2.45) is 0 Å². The highest BCUT2D eigenvalue weighted by Crippen LogP contribution is 2.34. The standard InChI is InChI=1S/C10H10BrCl2NO2S/c1-3-4-14(2)17(15,16)10-8(12)5-7(11)6-9(10)13/h3,5-6H,1,4H2,2H3. The lowest BCUT2D eigenvalue weighted by Crippen LogP contribution is -2.27. The second-order valence-electron chi connectivity index (χ2n) is 3.27. The minimum absolute atomic E-state index is 0.0836. The Morgan fingerprint density at radius 3 is 2.29 bits per heavy atom. The van der Waals surface area contributed by atoms with Gasteiger partial charge in [-0.1, -0.05) is 45.2 Å². The van der Waals surface area contributed by atoms with E-state index in [1.54, 1.807) is 0 Å². The maximum atomic E-state index is 12.2. The monoisotopic (exact) mass is 357 g/mol. The number of nitrogens with zero attached hydrogens (tertiary/aromatic N) is 1. The van der Waals surface area contributed by atoms with E-state index in [1.165, 1.54) is 25.3 Å². The largest absolute Gasteiger partial charge is 0.246 e. The molecule has 17 heavy (non-hydrogen) atoms. The number of likely N-dealkylation sites (N-methyl/N-ethyl adjacent to an activating group) is 1. The average molecular weight is 359 g/mol. The van der Waals surface area contributed by atoms with Gasteiger partial charge in [-0.2, -0.15) is 4.31 Å². The molecule has 94 valence electrons. The van der Waals surface area contributed by atoms with Crippen LogP contribution in [-0.4, -0.2) is 26.3 Å². The third-order valence-corrected chi connectivity index (χ3v) is 5.22. The number of hydrogen-bond acceptors (Lipinski definition) is 2. The smallest absolute Gasteiger partial charge is 0.207 e. The molecule has 0 aromatic heterocycles. The number of hydrogen-bond donors (Lipinski definition) is 0. The Bertz CT molecular complexity index is 522. The van der Waals surface area contributed by atoms with Crippen molar-refractivity contribution in [3.05, 3.63) is 39.3 Å². The van der Waals surface area contributed by atoms with Crippen molar-refractivity contribution in [3.8, 4) is 0 Å². The maximum Gasteiger partial charge on any atom is 0.246 e. The molecular formula is C10H10BrCl2NO2S. The zero-order chi connectivity index (χ0) is 13.2. The van der Waals surface area contributed by atoms with E-state index in [0.717, 1.165) is 4.31 Å². The Morgan fingerprint density at radius 2 is 1.88 bits per heavy atom. The Hall–Kier alpha value is -0.0700. The van der Waals surface area contributed by atoms with Crippen LogP contribution in [0.4, 0.5) is 0 Å². The predicted molar refractivity (Wildman–Crippen MR) is 74.2 cm³/mol.